The van der Waals surface area contributed by atoms with E-state index in [2.05, 4.69) is 53.5 Å². The number of hydrogen-bond acceptors (Lipinski definition) is 4. The predicted octanol–water partition coefficient (Wildman–Crippen LogP) is 5.03. The molecule has 0 aliphatic carbocycles. The number of aromatic nitrogens is 2. The molecule has 1 amide bonds. The highest BCUT2D eigenvalue weighted by atomic mass is 16.1. The van der Waals surface area contributed by atoms with Crippen LogP contribution in [0.1, 0.15) is 54.3 Å². The maximum atomic E-state index is 12.4. The Morgan fingerprint density at radius 3 is 2.15 bits per heavy atom. The number of rotatable bonds is 6. The molecule has 0 saturated heterocycles. The summed E-state index contributed by atoms with van der Waals surface area (Å²) >= 11 is 0. The summed E-state index contributed by atoms with van der Waals surface area (Å²) in [5.74, 6) is 0.811. The normalized spacial score (nSPS) is 11.9. The Hall–Kier alpha value is -3.21. The summed E-state index contributed by atoms with van der Waals surface area (Å²) < 4.78 is 0. The molecule has 1 heterocycles. The lowest BCUT2D eigenvalue weighted by Gasteiger charge is -2.14. The van der Waals surface area contributed by atoms with Crippen molar-refractivity contribution in [1.82, 2.24) is 9.97 Å². The molecule has 3 aromatic rings. The lowest BCUT2D eigenvalue weighted by Crippen LogP contribution is -2.15. The zero-order chi connectivity index (χ0) is 19.2. The van der Waals surface area contributed by atoms with Crippen molar-refractivity contribution in [1.29, 1.82) is 0 Å². The van der Waals surface area contributed by atoms with Gasteiger partial charge in [0, 0.05) is 11.7 Å². The molecule has 27 heavy (non-hydrogen) atoms. The van der Waals surface area contributed by atoms with Gasteiger partial charge in [0.2, 0.25) is 0 Å². The van der Waals surface area contributed by atoms with Crippen molar-refractivity contribution in [3.8, 4) is 0 Å². The maximum absolute atomic E-state index is 12.4. The SMILES string of the molecule is CC(C)c1ccc(NC(=O)c2cnc(NC(C)c3ccccc3)cn2)cc1. The topological polar surface area (TPSA) is 66.9 Å². The molecule has 1 aromatic heterocycles. The molecule has 2 aromatic carbocycles. The van der Waals surface area contributed by atoms with Crippen LogP contribution in [-0.4, -0.2) is 15.9 Å². The van der Waals surface area contributed by atoms with Gasteiger partial charge in [-0.1, -0.05) is 56.3 Å². The third-order valence-electron chi connectivity index (χ3n) is 4.38. The Bertz CT molecular complexity index is 874. The van der Waals surface area contributed by atoms with Crippen molar-refractivity contribution < 1.29 is 4.79 Å². The molecule has 0 aliphatic rings. The lowest BCUT2D eigenvalue weighted by atomic mass is 10.0. The van der Waals surface area contributed by atoms with Crippen LogP contribution in [0, 0.1) is 0 Å². The molecule has 2 N–H and O–H groups in total. The zero-order valence-corrected chi connectivity index (χ0v) is 15.8. The van der Waals surface area contributed by atoms with Gasteiger partial charge in [0.15, 0.2) is 0 Å². The van der Waals surface area contributed by atoms with E-state index < -0.39 is 0 Å². The fraction of sp³-hybridized carbons (Fsp3) is 0.227. The number of carbonyl (C=O) groups is 1. The number of nitrogens with zero attached hydrogens (tertiary/aromatic N) is 2. The molecule has 0 spiro atoms. The summed E-state index contributed by atoms with van der Waals surface area (Å²) in [6, 6.07) is 18.0. The quantitative estimate of drug-likeness (QED) is 0.647. The number of carbonyl (C=O) groups excluding carboxylic acids is 1. The van der Waals surface area contributed by atoms with Crippen LogP contribution in [0.2, 0.25) is 0 Å². The van der Waals surface area contributed by atoms with Gasteiger partial charge in [0.1, 0.15) is 11.5 Å². The highest BCUT2D eigenvalue weighted by Crippen LogP contribution is 2.18. The van der Waals surface area contributed by atoms with E-state index in [1.54, 1.807) is 6.20 Å². The Labute approximate surface area is 159 Å². The van der Waals surface area contributed by atoms with Gasteiger partial charge in [0.25, 0.3) is 5.91 Å². The van der Waals surface area contributed by atoms with Crippen molar-refractivity contribution in [2.24, 2.45) is 0 Å². The van der Waals surface area contributed by atoms with Crippen LogP contribution in [0.15, 0.2) is 67.0 Å². The Balaban J connectivity index is 1.61. The largest absolute Gasteiger partial charge is 0.362 e. The molecule has 1 atom stereocenters. The monoisotopic (exact) mass is 360 g/mol. The number of amides is 1. The Kier molecular flexibility index (Phi) is 5.81. The summed E-state index contributed by atoms with van der Waals surface area (Å²) in [5.41, 5.74) is 3.41. The molecule has 5 heteroatoms. The van der Waals surface area contributed by atoms with Gasteiger partial charge in [-0.05, 0) is 36.1 Å². The minimum absolute atomic E-state index is 0.0969. The number of benzene rings is 2. The van der Waals surface area contributed by atoms with Crippen LogP contribution in [0.4, 0.5) is 11.5 Å². The van der Waals surface area contributed by atoms with E-state index in [-0.39, 0.29) is 17.6 Å². The van der Waals surface area contributed by atoms with Crippen molar-refractivity contribution in [2.75, 3.05) is 10.6 Å². The highest BCUT2D eigenvalue weighted by Gasteiger charge is 2.10. The first-order valence-corrected chi connectivity index (χ1v) is 9.08. The lowest BCUT2D eigenvalue weighted by molar-refractivity contribution is 0.102. The van der Waals surface area contributed by atoms with E-state index in [1.165, 1.54) is 11.8 Å². The second kappa shape index (κ2) is 8.45. The van der Waals surface area contributed by atoms with E-state index >= 15 is 0 Å². The van der Waals surface area contributed by atoms with E-state index in [4.69, 9.17) is 0 Å². The van der Waals surface area contributed by atoms with E-state index in [1.807, 2.05) is 42.5 Å². The average molecular weight is 360 g/mol. The predicted molar refractivity (Wildman–Crippen MR) is 109 cm³/mol. The fourth-order valence-corrected chi connectivity index (χ4v) is 2.71. The summed E-state index contributed by atoms with van der Waals surface area (Å²) in [7, 11) is 0. The molecule has 0 aliphatic heterocycles. The third kappa shape index (κ3) is 4.91. The second-order valence-electron chi connectivity index (χ2n) is 6.79. The van der Waals surface area contributed by atoms with Gasteiger partial charge in [-0.2, -0.15) is 0 Å². The minimum atomic E-state index is -0.276. The Morgan fingerprint density at radius 1 is 0.852 bits per heavy atom. The van der Waals surface area contributed by atoms with Crippen LogP contribution >= 0.6 is 0 Å². The smallest absolute Gasteiger partial charge is 0.275 e. The van der Waals surface area contributed by atoms with E-state index in [9.17, 15) is 4.79 Å². The minimum Gasteiger partial charge on any atom is -0.362 e. The van der Waals surface area contributed by atoms with Gasteiger partial charge in [-0.15, -0.1) is 0 Å². The molecular weight excluding hydrogens is 336 g/mol. The Morgan fingerprint density at radius 2 is 1.56 bits per heavy atom. The van der Waals surface area contributed by atoms with Crippen molar-refractivity contribution in [3.63, 3.8) is 0 Å². The van der Waals surface area contributed by atoms with Gasteiger partial charge in [-0.25, -0.2) is 9.97 Å². The molecule has 0 radical (unpaired) electrons. The van der Waals surface area contributed by atoms with Gasteiger partial charge in [0.05, 0.1) is 12.4 Å². The molecule has 0 saturated carbocycles. The molecule has 138 valence electrons. The summed E-state index contributed by atoms with van der Waals surface area (Å²) in [4.78, 5) is 20.9. The summed E-state index contributed by atoms with van der Waals surface area (Å²) in [5, 5.41) is 6.13. The van der Waals surface area contributed by atoms with E-state index in [0.717, 1.165) is 11.3 Å². The molecule has 5 nitrogen and oxygen atoms in total. The average Bonchev–Trinajstić information content (AvgIpc) is 2.69. The van der Waals surface area contributed by atoms with Gasteiger partial charge < -0.3 is 10.6 Å². The van der Waals surface area contributed by atoms with Crippen LogP contribution in [0.3, 0.4) is 0 Å². The van der Waals surface area contributed by atoms with E-state index in [0.29, 0.717) is 11.7 Å². The first kappa shape index (κ1) is 18.6. The van der Waals surface area contributed by atoms with Crippen LogP contribution in [-0.2, 0) is 0 Å². The number of anilines is 2. The van der Waals surface area contributed by atoms with Gasteiger partial charge in [-0.3, -0.25) is 4.79 Å². The first-order chi connectivity index (χ1) is 13.0. The zero-order valence-electron chi connectivity index (χ0n) is 15.8. The van der Waals surface area contributed by atoms with Crippen LogP contribution in [0.5, 0.6) is 0 Å². The molecular formula is C22H24N4O. The molecule has 3 rings (SSSR count). The number of hydrogen-bond donors (Lipinski definition) is 2. The number of nitrogens with one attached hydrogen (secondary N) is 2. The van der Waals surface area contributed by atoms with Crippen molar-refractivity contribution in [3.05, 3.63) is 83.8 Å². The van der Waals surface area contributed by atoms with Crippen molar-refractivity contribution in [2.45, 2.75) is 32.7 Å². The van der Waals surface area contributed by atoms with Gasteiger partial charge >= 0.3 is 0 Å². The van der Waals surface area contributed by atoms with Crippen LogP contribution < -0.4 is 10.6 Å². The maximum Gasteiger partial charge on any atom is 0.275 e. The second-order valence-corrected chi connectivity index (χ2v) is 6.79. The summed E-state index contributed by atoms with van der Waals surface area (Å²) in [6.45, 7) is 6.33. The summed E-state index contributed by atoms with van der Waals surface area (Å²) in [6.07, 6.45) is 3.06. The standard InChI is InChI=1S/C22H24N4O/c1-15(2)17-9-11-19(12-10-17)26-22(27)20-13-24-21(14-23-20)25-16(3)18-7-5-4-6-8-18/h4-16H,1-3H3,(H,24,25)(H,26,27). The first-order valence-electron chi connectivity index (χ1n) is 9.08. The highest BCUT2D eigenvalue weighted by molar-refractivity contribution is 6.02. The molecule has 0 fully saturated rings. The molecule has 0 bridgehead atoms. The fourth-order valence-electron chi connectivity index (χ4n) is 2.71. The molecule has 1 unspecified atom stereocenters. The third-order valence-corrected chi connectivity index (χ3v) is 4.38. The van der Waals surface area contributed by atoms with Crippen LogP contribution in [0.25, 0.3) is 0 Å². The van der Waals surface area contributed by atoms with Crippen molar-refractivity contribution >= 4 is 17.4 Å².